The molecule has 0 bridgehead atoms. The van der Waals surface area contributed by atoms with Crippen LogP contribution >= 0.6 is 0 Å². The molecule has 1 saturated heterocycles. The molecule has 3 aromatic rings. The maximum Gasteiger partial charge on any atom is 0.407 e. The molecule has 2 aliphatic rings. The van der Waals surface area contributed by atoms with Crippen LogP contribution in [0.1, 0.15) is 61.1 Å². The molecule has 3 amide bonds. The van der Waals surface area contributed by atoms with Gasteiger partial charge in [-0.2, -0.15) is 0 Å². The second-order valence-electron chi connectivity index (χ2n) is 11.4. The van der Waals surface area contributed by atoms with E-state index in [4.69, 9.17) is 0 Å². The monoisotopic (exact) mass is 573 g/mol. The van der Waals surface area contributed by atoms with Gasteiger partial charge in [0.2, 0.25) is 5.91 Å². The molecule has 222 valence electrons. The van der Waals surface area contributed by atoms with Crippen LogP contribution in [0.25, 0.3) is 11.3 Å². The summed E-state index contributed by atoms with van der Waals surface area (Å²) in [5, 5.41) is 24.4. The van der Waals surface area contributed by atoms with Gasteiger partial charge in [0.15, 0.2) is 5.69 Å². The molecule has 1 aromatic heterocycles. The van der Waals surface area contributed by atoms with E-state index in [2.05, 4.69) is 10.3 Å². The van der Waals surface area contributed by atoms with Crippen LogP contribution in [-0.2, 0) is 11.2 Å². The summed E-state index contributed by atoms with van der Waals surface area (Å²) in [5.41, 5.74) is 1.70. The summed E-state index contributed by atoms with van der Waals surface area (Å²) in [7, 11) is 0. The van der Waals surface area contributed by atoms with Crippen molar-refractivity contribution in [2.24, 2.45) is 0 Å². The Hall–Kier alpha value is -4.18. The first-order valence-electron chi connectivity index (χ1n) is 14.7. The molecule has 3 atom stereocenters. The third-order valence-corrected chi connectivity index (χ3v) is 8.60. The van der Waals surface area contributed by atoms with Crippen molar-refractivity contribution in [2.45, 2.75) is 63.1 Å². The number of hydrogen-bond donors (Lipinski definition) is 3. The molecule has 0 spiro atoms. The van der Waals surface area contributed by atoms with Crippen molar-refractivity contribution in [3.05, 3.63) is 78.2 Å². The predicted octanol–water partition coefficient (Wildman–Crippen LogP) is 3.97. The molecular formula is C32H39N5O5. The first-order valence-corrected chi connectivity index (χ1v) is 14.7. The second-order valence-corrected chi connectivity index (χ2v) is 11.4. The minimum Gasteiger partial charge on any atom is -0.465 e. The fourth-order valence-corrected chi connectivity index (χ4v) is 6.48. The van der Waals surface area contributed by atoms with Crippen molar-refractivity contribution in [1.29, 1.82) is 0 Å². The predicted molar refractivity (Wildman–Crippen MR) is 158 cm³/mol. The Bertz CT molecular complexity index is 1390. The van der Waals surface area contributed by atoms with Crippen LogP contribution < -0.4 is 5.32 Å². The first kappa shape index (κ1) is 29.3. The fraction of sp³-hybridized carbons (Fsp3) is 0.438. The summed E-state index contributed by atoms with van der Waals surface area (Å²) in [4.78, 5) is 45.5. The summed E-state index contributed by atoms with van der Waals surface area (Å²) in [6.07, 6.45) is 4.69. The summed E-state index contributed by atoms with van der Waals surface area (Å²) >= 11 is 0. The van der Waals surface area contributed by atoms with E-state index < -0.39 is 11.7 Å². The lowest BCUT2D eigenvalue weighted by Gasteiger charge is -2.42. The number of imidazole rings is 1. The summed E-state index contributed by atoms with van der Waals surface area (Å²) < 4.78 is 1.95. The van der Waals surface area contributed by atoms with Crippen molar-refractivity contribution < 1.29 is 24.6 Å². The van der Waals surface area contributed by atoms with Gasteiger partial charge in [0.05, 0.1) is 29.7 Å². The molecule has 10 nitrogen and oxygen atoms in total. The van der Waals surface area contributed by atoms with Crippen molar-refractivity contribution in [2.75, 3.05) is 26.2 Å². The Morgan fingerprint density at radius 1 is 1.02 bits per heavy atom. The molecule has 5 rings (SSSR count). The zero-order valence-corrected chi connectivity index (χ0v) is 24.0. The van der Waals surface area contributed by atoms with Crippen LogP contribution in [0.4, 0.5) is 4.79 Å². The highest BCUT2D eigenvalue weighted by molar-refractivity contribution is 5.98. The van der Waals surface area contributed by atoms with Crippen LogP contribution in [0.15, 0.2) is 67.0 Å². The van der Waals surface area contributed by atoms with Gasteiger partial charge in [-0.25, -0.2) is 9.78 Å². The number of nitrogens with zero attached hydrogens (tertiary/aromatic N) is 4. The van der Waals surface area contributed by atoms with Gasteiger partial charge in [-0.3, -0.25) is 9.59 Å². The first-order chi connectivity index (χ1) is 20.3. The highest BCUT2D eigenvalue weighted by Gasteiger charge is 2.42. The smallest absolute Gasteiger partial charge is 0.407 e. The van der Waals surface area contributed by atoms with E-state index in [1.807, 2.05) is 65.2 Å². The molecular weight excluding hydrogens is 534 g/mol. The zero-order chi connectivity index (χ0) is 29.7. The average molecular weight is 574 g/mol. The van der Waals surface area contributed by atoms with E-state index in [-0.39, 0.29) is 49.2 Å². The Morgan fingerprint density at radius 3 is 2.43 bits per heavy atom. The van der Waals surface area contributed by atoms with Crippen LogP contribution in [-0.4, -0.2) is 85.3 Å². The third-order valence-electron chi connectivity index (χ3n) is 8.60. The lowest BCUT2D eigenvalue weighted by Crippen LogP contribution is -2.57. The zero-order valence-electron chi connectivity index (χ0n) is 24.0. The van der Waals surface area contributed by atoms with Gasteiger partial charge in [0, 0.05) is 38.7 Å². The fourth-order valence-electron chi connectivity index (χ4n) is 6.48. The Kier molecular flexibility index (Phi) is 8.91. The molecule has 2 aromatic carbocycles. The quantitative estimate of drug-likeness (QED) is 0.374. The SMILES string of the molecule is CC(=O)NCCC1(O)CCCC[C@@H]1n1cnc(C(=O)N2CCN(C(=O)O)C[C@H]2Cc2ccccc2)c1-c1ccccc1. The van der Waals surface area contributed by atoms with E-state index in [0.717, 1.165) is 24.0 Å². The summed E-state index contributed by atoms with van der Waals surface area (Å²) in [5.74, 6) is -0.393. The van der Waals surface area contributed by atoms with Crippen molar-refractivity contribution in [3.63, 3.8) is 0 Å². The highest BCUT2D eigenvalue weighted by atomic mass is 16.4. The van der Waals surface area contributed by atoms with Crippen LogP contribution in [0.5, 0.6) is 0 Å². The van der Waals surface area contributed by atoms with Gasteiger partial charge in [0.1, 0.15) is 0 Å². The van der Waals surface area contributed by atoms with Crippen LogP contribution in [0.2, 0.25) is 0 Å². The standard InChI is InChI=1S/C32H39N5O5/c1-23(38)33-17-16-32(42)15-9-8-14-27(32)37-22-34-28(29(37)25-12-6-3-7-13-25)30(39)36-19-18-35(31(40)41)21-26(36)20-24-10-4-2-5-11-24/h2-7,10-13,22,26-27,42H,8-9,14-21H2,1H3,(H,33,38)(H,40,41)/t26-,27+,32?/m1/s1. The number of aromatic nitrogens is 2. The van der Waals surface area contributed by atoms with Crippen molar-refractivity contribution in [1.82, 2.24) is 24.7 Å². The van der Waals surface area contributed by atoms with Crippen molar-refractivity contribution in [3.8, 4) is 11.3 Å². The number of carbonyl (C=O) groups excluding carboxylic acids is 2. The number of piperazine rings is 1. The number of carbonyl (C=O) groups is 3. The van der Waals surface area contributed by atoms with Gasteiger partial charge >= 0.3 is 6.09 Å². The second kappa shape index (κ2) is 12.8. The Labute approximate surface area is 246 Å². The van der Waals surface area contributed by atoms with Gasteiger partial charge in [0.25, 0.3) is 5.91 Å². The van der Waals surface area contributed by atoms with Crippen molar-refractivity contribution >= 4 is 17.9 Å². The molecule has 3 N–H and O–H groups in total. The summed E-state index contributed by atoms with van der Waals surface area (Å²) in [6, 6.07) is 18.7. The van der Waals surface area contributed by atoms with E-state index in [1.165, 1.54) is 11.8 Å². The molecule has 1 aliphatic carbocycles. The lowest BCUT2D eigenvalue weighted by molar-refractivity contribution is -0.119. The number of hydrogen-bond acceptors (Lipinski definition) is 5. The number of nitrogens with one attached hydrogen (secondary N) is 1. The normalized spacial score (nSPS) is 22.5. The minimum atomic E-state index is -1.08. The van der Waals surface area contributed by atoms with E-state index >= 15 is 0 Å². The van der Waals surface area contributed by atoms with E-state index in [0.29, 0.717) is 37.9 Å². The number of carboxylic acid groups (broad SMARTS) is 1. The molecule has 1 unspecified atom stereocenters. The topological polar surface area (TPSA) is 128 Å². The molecule has 2 heterocycles. The maximum atomic E-state index is 14.3. The number of amides is 3. The molecule has 0 radical (unpaired) electrons. The lowest BCUT2D eigenvalue weighted by atomic mass is 9.77. The Morgan fingerprint density at radius 2 is 1.74 bits per heavy atom. The molecule has 42 heavy (non-hydrogen) atoms. The molecule has 1 saturated carbocycles. The van der Waals surface area contributed by atoms with E-state index in [1.54, 1.807) is 11.2 Å². The maximum absolute atomic E-state index is 14.3. The number of benzene rings is 2. The largest absolute Gasteiger partial charge is 0.465 e. The highest BCUT2D eigenvalue weighted by Crippen LogP contribution is 2.42. The molecule has 1 aliphatic heterocycles. The minimum absolute atomic E-state index is 0.139. The average Bonchev–Trinajstić information content (AvgIpc) is 3.42. The van der Waals surface area contributed by atoms with E-state index in [9.17, 15) is 24.6 Å². The molecule has 10 heteroatoms. The number of rotatable bonds is 8. The van der Waals surface area contributed by atoms with Crippen LogP contribution in [0, 0.1) is 0 Å². The van der Waals surface area contributed by atoms with Gasteiger partial charge < -0.3 is 29.9 Å². The number of aliphatic hydroxyl groups is 1. The summed E-state index contributed by atoms with van der Waals surface area (Å²) in [6.45, 7) is 2.51. The van der Waals surface area contributed by atoms with Gasteiger partial charge in [-0.15, -0.1) is 0 Å². The Balaban J connectivity index is 1.51. The van der Waals surface area contributed by atoms with Crippen LogP contribution in [0.3, 0.4) is 0 Å². The van der Waals surface area contributed by atoms with Gasteiger partial charge in [-0.1, -0.05) is 73.5 Å². The third kappa shape index (κ3) is 6.33. The van der Waals surface area contributed by atoms with Gasteiger partial charge in [-0.05, 0) is 31.2 Å². The molecule has 2 fully saturated rings.